The lowest BCUT2D eigenvalue weighted by Crippen LogP contribution is -2.24. The summed E-state index contributed by atoms with van der Waals surface area (Å²) < 4.78 is 37.2. The molecule has 3 heteroatoms. The van der Waals surface area contributed by atoms with Crippen molar-refractivity contribution in [3.63, 3.8) is 0 Å². The molecule has 0 N–H and O–H groups in total. The number of hydrogen-bond acceptors (Lipinski definition) is 0. The second-order valence-electron chi connectivity index (χ2n) is 3.79. The van der Waals surface area contributed by atoms with Crippen LogP contribution < -0.4 is 0 Å². The summed E-state index contributed by atoms with van der Waals surface area (Å²) in [5.74, 6) is -0.268. The van der Waals surface area contributed by atoms with Crippen molar-refractivity contribution < 1.29 is 13.2 Å². The fourth-order valence-corrected chi connectivity index (χ4v) is 1.32. The molecule has 0 bridgehead atoms. The molecule has 1 radical (unpaired) electrons. The van der Waals surface area contributed by atoms with E-state index in [0.717, 1.165) is 12.3 Å². The average molecular weight is 195 g/mol. The Hall–Kier alpha value is -0.210. The van der Waals surface area contributed by atoms with Crippen LogP contribution >= 0.6 is 0 Å². The van der Waals surface area contributed by atoms with Gasteiger partial charge in [0.15, 0.2) is 0 Å². The Morgan fingerprint density at radius 2 is 1.77 bits per heavy atom. The van der Waals surface area contributed by atoms with Crippen molar-refractivity contribution in [2.75, 3.05) is 0 Å². The monoisotopic (exact) mass is 195 g/mol. The molecule has 79 valence electrons. The first kappa shape index (κ1) is 12.8. The van der Waals surface area contributed by atoms with Crippen LogP contribution in [0.4, 0.5) is 13.2 Å². The van der Waals surface area contributed by atoms with Crippen LogP contribution in [0.5, 0.6) is 0 Å². The Morgan fingerprint density at radius 1 is 1.23 bits per heavy atom. The van der Waals surface area contributed by atoms with Gasteiger partial charge >= 0.3 is 6.18 Å². The Morgan fingerprint density at radius 3 is 2.08 bits per heavy atom. The highest BCUT2D eigenvalue weighted by Gasteiger charge is 2.38. The highest BCUT2D eigenvalue weighted by Crippen LogP contribution is 2.35. The summed E-state index contributed by atoms with van der Waals surface area (Å²) in [6.45, 7) is 5.42. The Bertz CT molecular complexity index is 127. The van der Waals surface area contributed by atoms with E-state index < -0.39 is 12.1 Å². The predicted octanol–water partition coefficient (Wildman–Crippen LogP) is 4.36. The van der Waals surface area contributed by atoms with Gasteiger partial charge in [0.1, 0.15) is 0 Å². The first-order chi connectivity index (χ1) is 5.88. The lowest BCUT2D eigenvalue weighted by molar-refractivity contribution is -0.177. The van der Waals surface area contributed by atoms with Gasteiger partial charge < -0.3 is 0 Å². The van der Waals surface area contributed by atoms with Crippen LogP contribution in [-0.4, -0.2) is 6.18 Å². The lowest BCUT2D eigenvalue weighted by atomic mass is 9.92. The molecule has 0 fully saturated rings. The minimum atomic E-state index is -4.02. The molecule has 0 aliphatic rings. The van der Waals surface area contributed by atoms with E-state index in [1.807, 2.05) is 6.92 Å². The van der Waals surface area contributed by atoms with Gasteiger partial charge in [-0.05, 0) is 18.8 Å². The van der Waals surface area contributed by atoms with E-state index in [1.54, 1.807) is 13.8 Å². The minimum Gasteiger partial charge on any atom is -0.171 e. The van der Waals surface area contributed by atoms with Crippen molar-refractivity contribution in [3.05, 3.63) is 5.92 Å². The maximum absolute atomic E-state index is 12.4. The van der Waals surface area contributed by atoms with E-state index in [0.29, 0.717) is 6.42 Å². The normalized spacial score (nSPS) is 15.0. The van der Waals surface area contributed by atoms with Gasteiger partial charge in [0, 0.05) is 0 Å². The maximum Gasteiger partial charge on any atom is 0.391 e. The molecular weight excluding hydrogens is 177 g/mol. The van der Waals surface area contributed by atoms with E-state index in [1.165, 1.54) is 0 Å². The molecule has 0 nitrogen and oxygen atoms in total. The molecule has 0 saturated heterocycles. The van der Waals surface area contributed by atoms with Crippen molar-refractivity contribution >= 4 is 0 Å². The maximum atomic E-state index is 12.4. The zero-order valence-corrected chi connectivity index (χ0v) is 8.54. The highest BCUT2D eigenvalue weighted by atomic mass is 19.4. The predicted molar refractivity (Wildman–Crippen MR) is 48.3 cm³/mol. The molecule has 0 rings (SSSR count). The number of unbranched alkanes of at least 4 members (excludes halogenated alkanes) is 1. The van der Waals surface area contributed by atoms with Gasteiger partial charge in [0.05, 0.1) is 5.92 Å². The third kappa shape index (κ3) is 5.94. The summed E-state index contributed by atoms with van der Waals surface area (Å²) in [6, 6.07) is 0. The fourth-order valence-electron chi connectivity index (χ4n) is 1.32. The first-order valence-electron chi connectivity index (χ1n) is 4.73. The molecule has 0 aromatic heterocycles. The molecule has 0 aliphatic heterocycles. The molecule has 0 amide bonds. The Kier molecular flexibility index (Phi) is 5.42. The van der Waals surface area contributed by atoms with Crippen molar-refractivity contribution in [1.29, 1.82) is 0 Å². The molecule has 0 aliphatic carbocycles. The molecule has 0 aromatic rings. The van der Waals surface area contributed by atoms with Crippen molar-refractivity contribution in [2.24, 2.45) is 5.92 Å². The van der Waals surface area contributed by atoms with Gasteiger partial charge in [-0.3, -0.25) is 0 Å². The minimum absolute atomic E-state index is 0.184. The smallest absolute Gasteiger partial charge is 0.171 e. The molecule has 1 atom stereocenters. The largest absolute Gasteiger partial charge is 0.391 e. The summed E-state index contributed by atoms with van der Waals surface area (Å²) in [5.41, 5.74) is 0. The van der Waals surface area contributed by atoms with Crippen LogP contribution in [0, 0.1) is 11.8 Å². The Balaban J connectivity index is 4.03. The number of halogens is 3. The molecule has 0 heterocycles. The van der Waals surface area contributed by atoms with E-state index >= 15 is 0 Å². The van der Waals surface area contributed by atoms with E-state index in [9.17, 15) is 13.2 Å². The Labute approximate surface area is 78.5 Å². The van der Waals surface area contributed by atoms with E-state index in [2.05, 4.69) is 0 Å². The molecule has 0 aromatic carbocycles. The summed E-state index contributed by atoms with van der Waals surface area (Å²) in [5, 5.41) is 0. The van der Waals surface area contributed by atoms with Crippen molar-refractivity contribution in [2.45, 2.75) is 52.6 Å². The van der Waals surface area contributed by atoms with E-state index in [4.69, 9.17) is 0 Å². The molecule has 0 spiro atoms. The van der Waals surface area contributed by atoms with Gasteiger partial charge in [-0.15, -0.1) is 0 Å². The number of hydrogen-bond donors (Lipinski definition) is 0. The average Bonchev–Trinajstić information content (AvgIpc) is 1.95. The summed E-state index contributed by atoms with van der Waals surface area (Å²) in [7, 11) is 0. The molecular formula is C10H18F3. The fraction of sp³-hybridized carbons (Fsp3) is 0.900. The topological polar surface area (TPSA) is 0 Å². The summed E-state index contributed by atoms with van der Waals surface area (Å²) in [6.07, 6.45) is -2.08. The summed E-state index contributed by atoms with van der Waals surface area (Å²) in [4.78, 5) is 0. The van der Waals surface area contributed by atoms with Gasteiger partial charge in [0.25, 0.3) is 0 Å². The number of alkyl halides is 3. The zero-order chi connectivity index (χ0) is 10.5. The van der Waals surface area contributed by atoms with Gasteiger partial charge in [-0.25, -0.2) is 0 Å². The SMILES string of the molecule is CCCCC(C[C](C)C)C(F)(F)F. The van der Waals surface area contributed by atoms with Gasteiger partial charge in [-0.2, -0.15) is 13.2 Å². The van der Waals surface area contributed by atoms with Gasteiger partial charge in [-0.1, -0.05) is 33.6 Å². The standard InChI is InChI=1S/C10H18F3/c1-4-5-6-9(7-8(2)3)10(11,12)13/h9H,4-7H2,1-3H3. The van der Waals surface area contributed by atoms with Crippen molar-refractivity contribution in [1.82, 2.24) is 0 Å². The zero-order valence-electron chi connectivity index (χ0n) is 8.54. The lowest BCUT2D eigenvalue weighted by Gasteiger charge is -2.21. The van der Waals surface area contributed by atoms with Crippen LogP contribution in [0.25, 0.3) is 0 Å². The van der Waals surface area contributed by atoms with Crippen LogP contribution in [0.1, 0.15) is 46.5 Å². The van der Waals surface area contributed by atoms with Crippen LogP contribution in [0.15, 0.2) is 0 Å². The molecule has 0 saturated carbocycles. The number of rotatable bonds is 5. The van der Waals surface area contributed by atoms with Crippen LogP contribution in [0.3, 0.4) is 0 Å². The van der Waals surface area contributed by atoms with E-state index in [-0.39, 0.29) is 12.8 Å². The first-order valence-corrected chi connectivity index (χ1v) is 4.73. The second kappa shape index (κ2) is 5.51. The quantitative estimate of drug-likeness (QED) is 0.611. The van der Waals surface area contributed by atoms with Gasteiger partial charge in [0.2, 0.25) is 0 Å². The molecule has 13 heavy (non-hydrogen) atoms. The van der Waals surface area contributed by atoms with Crippen molar-refractivity contribution in [3.8, 4) is 0 Å². The highest BCUT2D eigenvalue weighted by molar-refractivity contribution is 4.83. The summed E-state index contributed by atoms with van der Waals surface area (Å²) >= 11 is 0. The van der Waals surface area contributed by atoms with Crippen LogP contribution in [-0.2, 0) is 0 Å². The second-order valence-corrected chi connectivity index (χ2v) is 3.79. The third-order valence-electron chi connectivity index (χ3n) is 2.02. The van der Waals surface area contributed by atoms with Crippen LogP contribution in [0.2, 0.25) is 0 Å². The molecule has 1 unspecified atom stereocenters. The third-order valence-corrected chi connectivity index (χ3v) is 2.02.